The number of aromatic nitrogens is 2. The summed E-state index contributed by atoms with van der Waals surface area (Å²) in [7, 11) is 1.74. The Morgan fingerprint density at radius 2 is 2.12 bits per heavy atom. The molecule has 1 fully saturated rings. The number of para-hydroxylation sites is 1. The fraction of sp³-hybridized carbons (Fsp3) is 0.450. The molecule has 1 aliphatic rings. The number of halogens is 1. The van der Waals surface area contributed by atoms with Crippen LogP contribution in [0, 0.1) is 5.92 Å². The number of fused-ring (bicyclic) bond motifs is 1. The van der Waals surface area contributed by atoms with Crippen molar-refractivity contribution in [1.82, 2.24) is 9.72 Å². The SMILES string of the molecule is COc1cccc2c(-c3cc(CBr)on3)cn(CC3CCCCC3)c12. The predicted octanol–water partition coefficient (Wildman–Crippen LogP) is 5.78. The maximum absolute atomic E-state index is 5.66. The summed E-state index contributed by atoms with van der Waals surface area (Å²) in [6.07, 6.45) is 8.95. The Labute approximate surface area is 156 Å². The van der Waals surface area contributed by atoms with Crippen LogP contribution in [0.25, 0.3) is 22.2 Å². The normalized spacial score (nSPS) is 15.8. The molecule has 2 aromatic heterocycles. The standard InChI is InChI=1S/C20H23BrN2O2/c1-24-19-9-5-8-16-17(18-10-15(11-21)25-22-18)13-23(20(16)19)12-14-6-3-2-4-7-14/h5,8-10,13-14H,2-4,6-7,11-12H2,1H3. The molecule has 4 nitrogen and oxygen atoms in total. The highest BCUT2D eigenvalue weighted by atomic mass is 79.9. The number of hydrogen-bond acceptors (Lipinski definition) is 3. The molecule has 4 rings (SSSR count). The Balaban J connectivity index is 1.80. The van der Waals surface area contributed by atoms with E-state index >= 15 is 0 Å². The summed E-state index contributed by atoms with van der Waals surface area (Å²) in [6, 6.07) is 8.23. The molecule has 25 heavy (non-hydrogen) atoms. The molecule has 0 unspecified atom stereocenters. The van der Waals surface area contributed by atoms with E-state index in [0.29, 0.717) is 5.33 Å². The second kappa shape index (κ2) is 7.24. The highest BCUT2D eigenvalue weighted by Crippen LogP contribution is 2.37. The van der Waals surface area contributed by atoms with Gasteiger partial charge in [0.1, 0.15) is 17.2 Å². The van der Waals surface area contributed by atoms with Gasteiger partial charge in [0, 0.05) is 29.8 Å². The van der Waals surface area contributed by atoms with E-state index in [1.54, 1.807) is 7.11 Å². The van der Waals surface area contributed by atoms with Crippen molar-refractivity contribution in [2.75, 3.05) is 7.11 Å². The first-order valence-electron chi connectivity index (χ1n) is 8.98. The monoisotopic (exact) mass is 402 g/mol. The molecular formula is C20H23BrN2O2. The van der Waals surface area contributed by atoms with Gasteiger partial charge < -0.3 is 13.8 Å². The number of hydrogen-bond donors (Lipinski definition) is 0. The van der Waals surface area contributed by atoms with Crippen molar-refractivity contribution in [3.05, 3.63) is 36.2 Å². The zero-order chi connectivity index (χ0) is 17.2. The summed E-state index contributed by atoms with van der Waals surface area (Å²) < 4.78 is 13.4. The maximum Gasteiger partial charge on any atom is 0.147 e. The summed E-state index contributed by atoms with van der Waals surface area (Å²) in [5.41, 5.74) is 3.16. The zero-order valence-electron chi connectivity index (χ0n) is 14.5. The van der Waals surface area contributed by atoms with Crippen molar-refractivity contribution in [2.24, 2.45) is 5.92 Å². The molecule has 2 heterocycles. The lowest BCUT2D eigenvalue weighted by atomic mass is 9.89. The van der Waals surface area contributed by atoms with Crippen LogP contribution in [0.15, 0.2) is 35.0 Å². The number of nitrogens with zero attached hydrogens (tertiary/aromatic N) is 2. The van der Waals surface area contributed by atoms with E-state index in [1.165, 1.54) is 37.5 Å². The smallest absolute Gasteiger partial charge is 0.147 e. The Hall–Kier alpha value is -1.75. The molecule has 0 atom stereocenters. The van der Waals surface area contributed by atoms with Crippen molar-refractivity contribution in [3.8, 4) is 17.0 Å². The Morgan fingerprint density at radius 1 is 1.28 bits per heavy atom. The quantitative estimate of drug-likeness (QED) is 0.507. The number of benzene rings is 1. The van der Waals surface area contributed by atoms with Crippen molar-refractivity contribution in [2.45, 2.75) is 44.0 Å². The van der Waals surface area contributed by atoms with E-state index in [4.69, 9.17) is 9.26 Å². The summed E-state index contributed by atoms with van der Waals surface area (Å²) in [4.78, 5) is 0. The fourth-order valence-corrected chi connectivity index (χ4v) is 4.25. The molecule has 1 aliphatic carbocycles. The number of ether oxygens (including phenoxy) is 1. The molecule has 1 aromatic carbocycles. The van der Waals surface area contributed by atoms with Crippen LogP contribution in [0.1, 0.15) is 37.9 Å². The Morgan fingerprint density at radius 3 is 2.84 bits per heavy atom. The van der Waals surface area contributed by atoms with Gasteiger partial charge in [-0.3, -0.25) is 0 Å². The van der Waals surface area contributed by atoms with Crippen molar-refractivity contribution < 1.29 is 9.26 Å². The lowest BCUT2D eigenvalue weighted by molar-refractivity contribution is 0.321. The molecular weight excluding hydrogens is 380 g/mol. The van der Waals surface area contributed by atoms with E-state index in [1.807, 2.05) is 18.2 Å². The van der Waals surface area contributed by atoms with Crippen molar-refractivity contribution in [3.63, 3.8) is 0 Å². The summed E-state index contributed by atoms with van der Waals surface area (Å²) in [5, 5.41) is 6.11. The third kappa shape index (κ3) is 3.22. The van der Waals surface area contributed by atoms with Crippen molar-refractivity contribution >= 4 is 26.8 Å². The van der Waals surface area contributed by atoms with Crippen LogP contribution >= 0.6 is 15.9 Å². The largest absolute Gasteiger partial charge is 0.495 e. The molecule has 0 spiro atoms. The van der Waals surface area contributed by atoms with E-state index in [0.717, 1.165) is 40.7 Å². The second-order valence-electron chi connectivity index (χ2n) is 6.87. The Kier molecular flexibility index (Phi) is 4.84. The van der Waals surface area contributed by atoms with Gasteiger partial charge in [-0.2, -0.15) is 0 Å². The van der Waals surface area contributed by atoms with Gasteiger partial charge in [0.15, 0.2) is 0 Å². The van der Waals surface area contributed by atoms with E-state index in [2.05, 4.69) is 37.9 Å². The van der Waals surface area contributed by atoms with Crippen LogP contribution in [0.3, 0.4) is 0 Å². The van der Waals surface area contributed by atoms with Crippen LogP contribution in [0.4, 0.5) is 0 Å². The molecule has 0 saturated heterocycles. The zero-order valence-corrected chi connectivity index (χ0v) is 16.1. The minimum Gasteiger partial charge on any atom is -0.495 e. The van der Waals surface area contributed by atoms with Gasteiger partial charge in [0.05, 0.1) is 18.0 Å². The van der Waals surface area contributed by atoms with Crippen LogP contribution in [0.5, 0.6) is 5.75 Å². The van der Waals surface area contributed by atoms with Crippen LogP contribution in [-0.2, 0) is 11.9 Å². The first kappa shape index (κ1) is 16.7. The predicted molar refractivity (Wildman–Crippen MR) is 103 cm³/mol. The minimum absolute atomic E-state index is 0.671. The molecule has 1 saturated carbocycles. The van der Waals surface area contributed by atoms with Crippen molar-refractivity contribution in [1.29, 1.82) is 0 Å². The first-order valence-corrected chi connectivity index (χ1v) is 10.1. The lowest BCUT2D eigenvalue weighted by Crippen LogP contribution is -2.13. The minimum atomic E-state index is 0.671. The van der Waals surface area contributed by atoms with Crippen LogP contribution < -0.4 is 4.74 Å². The molecule has 0 bridgehead atoms. The van der Waals surface area contributed by atoms with Crippen LogP contribution in [0.2, 0.25) is 0 Å². The Bertz CT molecular complexity index is 862. The van der Waals surface area contributed by atoms with Gasteiger partial charge in [-0.15, -0.1) is 0 Å². The van der Waals surface area contributed by atoms with Gasteiger partial charge in [-0.25, -0.2) is 0 Å². The third-order valence-electron chi connectivity index (χ3n) is 5.23. The van der Waals surface area contributed by atoms with Gasteiger partial charge in [-0.1, -0.05) is 52.5 Å². The summed E-state index contributed by atoms with van der Waals surface area (Å²) in [5.74, 6) is 2.51. The second-order valence-corrected chi connectivity index (χ2v) is 7.43. The van der Waals surface area contributed by atoms with Gasteiger partial charge in [-0.05, 0) is 24.8 Å². The summed E-state index contributed by atoms with van der Waals surface area (Å²) in [6.45, 7) is 1.04. The summed E-state index contributed by atoms with van der Waals surface area (Å²) >= 11 is 3.43. The molecule has 5 heteroatoms. The molecule has 0 N–H and O–H groups in total. The highest BCUT2D eigenvalue weighted by Gasteiger charge is 2.20. The number of methoxy groups -OCH3 is 1. The first-order chi connectivity index (χ1) is 12.3. The third-order valence-corrected chi connectivity index (χ3v) is 5.78. The van der Waals surface area contributed by atoms with E-state index < -0.39 is 0 Å². The molecule has 0 amide bonds. The number of alkyl halides is 1. The molecule has 132 valence electrons. The van der Waals surface area contributed by atoms with Gasteiger partial charge in [0.2, 0.25) is 0 Å². The fourth-order valence-electron chi connectivity index (χ4n) is 3.99. The lowest BCUT2D eigenvalue weighted by Gasteiger charge is -2.22. The number of rotatable bonds is 5. The van der Waals surface area contributed by atoms with E-state index in [-0.39, 0.29) is 0 Å². The molecule has 3 aromatic rings. The topological polar surface area (TPSA) is 40.2 Å². The molecule has 0 aliphatic heterocycles. The van der Waals surface area contributed by atoms with Crippen LogP contribution in [-0.4, -0.2) is 16.8 Å². The van der Waals surface area contributed by atoms with Gasteiger partial charge in [0.25, 0.3) is 0 Å². The van der Waals surface area contributed by atoms with Gasteiger partial charge >= 0.3 is 0 Å². The average Bonchev–Trinajstić information content (AvgIpc) is 3.27. The van der Waals surface area contributed by atoms with E-state index in [9.17, 15) is 0 Å². The molecule has 0 radical (unpaired) electrons. The average molecular weight is 403 g/mol. The highest BCUT2D eigenvalue weighted by molar-refractivity contribution is 9.08. The maximum atomic E-state index is 5.66.